The van der Waals surface area contributed by atoms with Gasteiger partial charge in [0.15, 0.2) is 5.16 Å². The normalized spacial score (nSPS) is 10.8. The summed E-state index contributed by atoms with van der Waals surface area (Å²) in [4.78, 5) is 16.7. The Morgan fingerprint density at radius 2 is 1.96 bits per heavy atom. The number of carbonyl (C=O) groups is 1. The van der Waals surface area contributed by atoms with Gasteiger partial charge in [0.2, 0.25) is 5.91 Å². The molecule has 0 saturated heterocycles. The van der Waals surface area contributed by atoms with Crippen molar-refractivity contribution in [1.82, 2.24) is 9.55 Å². The van der Waals surface area contributed by atoms with Gasteiger partial charge < -0.3 is 5.32 Å². The third-order valence-electron chi connectivity index (χ3n) is 4.02. The number of hydrogen-bond acceptors (Lipinski definition) is 3. The zero-order chi connectivity index (χ0) is 18.7. The van der Waals surface area contributed by atoms with Crippen LogP contribution in [0, 0.1) is 20.8 Å². The number of amides is 1. The first kappa shape index (κ1) is 18.5. The summed E-state index contributed by atoms with van der Waals surface area (Å²) in [6.45, 7) is 6.08. The van der Waals surface area contributed by atoms with Crippen LogP contribution in [-0.4, -0.2) is 21.2 Å². The Kier molecular flexibility index (Phi) is 5.69. The van der Waals surface area contributed by atoms with E-state index in [1.807, 2.05) is 29.8 Å². The van der Waals surface area contributed by atoms with Crippen LogP contribution in [0.4, 0.5) is 5.69 Å². The predicted molar refractivity (Wildman–Crippen MR) is 109 cm³/mol. The van der Waals surface area contributed by atoms with Gasteiger partial charge in [0.1, 0.15) is 0 Å². The fourth-order valence-electron chi connectivity index (χ4n) is 2.70. The minimum atomic E-state index is -0.0875. The monoisotopic (exact) mass is 385 g/mol. The van der Waals surface area contributed by atoms with Crippen molar-refractivity contribution in [3.05, 3.63) is 70.5 Å². The van der Waals surface area contributed by atoms with Crippen LogP contribution in [0.1, 0.15) is 16.7 Å². The number of nitrogens with one attached hydrogen (secondary N) is 1. The number of nitrogens with zero attached hydrogens (tertiary/aromatic N) is 2. The second-order valence-electron chi connectivity index (χ2n) is 6.17. The summed E-state index contributed by atoms with van der Waals surface area (Å²) in [7, 11) is 0. The average molecular weight is 386 g/mol. The fourth-order valence-corrected chi connectivity index (χ4v) is 3.64. The van der Waals surface area contributed by atoms with Crippen LogP contribution in [0.3, 0.4) is 0 Å². The standard InChI is InChI=1S/C20H20ClN3OS/c1-13-4-7-18(15(3)10-13)24-9-8-22-20(24)26-12-19(25)23-17-11-16(21)6-5-14(17)2/h4-11H,12H2,1-3H3,(H,23,25). The van der Waals surface area contributed by atoms with Gasteiger partial charge in [-0.15, -0.1) is 0 Å². The first-order chi connectivity index (χ1) is 12.4. The van der Waals surface area contributed by atoms with Gasteiger partial charge in [0.05, 0.1) is 11.4 Å². The van der Waals surface area contributed by atoms with Crippen LogP contribution < -0.4 is 5.32 Å². The molecule has 0 saturated carbocycles. The number of carbonyl (C=O) groups excluding carboxylic acids is 1. The summed E-state index contributed by atoms with van der Waals surface area (Å²) >= 11 is 7.41. The molecule has 0 radical (unpaired) electrons. The Labute approximate surface area is 162 Å². The number of rotatable bonds is 5. The molecule has 0 aliphatic rings. The van der Waals surface area contributed by atoms with E-state index in [0.717, 1.165) is 22.1 Å². The van der Waals surface area contributed by atoms with E-state index >= 15 is 0 Å². The van der Waals surface area contributed by atoms with Gasteiger partial charge >= 0.3 is 0 Å². The SMILES string of the molecule is Cc1ccc(-n2ccnc2SCC(=O)Nc2cc(Cl)ccc2C)c(C)c1. The van der Waals surface area contributed by atoms with E-state index in [1.165, 1.54) is 22.9 Å². The molecule has 1 heterocycles. The summed E-state index contributed by atoms with van der Waals surface area (Å²) in [6.07, 6.45) is 3.67. The quantitative estimate of drug-likeness (QED) is 0.615. The average Bonchev–Trinajstić information content (AvgIpc) is 3.04. The highest BCUT2D eigenvalue weighted by atomic mass is 35.5. The summed E-state index contributed by atoms with van der Waals surface area (Å²) in [5, 5.41) is 4.30. The molecule has 0 aliphatic heterocycles. The van der Waals surface area contributed by atoms with Crippen molar-refractivity contribution >= 4 is 35.0 Å². The van der Waals surface area contributed by atoms with E-state index in [1.54, 1.807) is 12.3 Å². The molecule has 0 unspecified atom stereocenters. The van der Waals surface area contributed by atoms with Gasteiger partial charge in [0, 0.05) is 23.1 Å². The second kappa shape index (κ2) is 7.98. The van der Waals surface area contributed by atoms with Crippen molar-refractivity contribution in [3.8, 4) is 5.69 Å². The molecule has 134 valence electrons. The number of hydrogen-bond donors (Lipinski definition) is 1. The highest BCUT2D eigenvalue weighted by Gasteiger charge is 2.12. The smallest absolute Gasteiger partial charge is 0.234 e. The molecule has 2 aromatic carbocycles. The second-order valence-corrected chi connectivity index (χ2v) is 7.54. The topological polar surface area (TPSA) is 46.9 Å². The lowest BCUT2D eigenvalue weighted by Crippen LogP contribution is -2.15. The molecule has 1 amide bonds. The maximum atomic E-state index is 12.3. The predicted octanol–water partition coefficient (Wildman–Crippen LogP) is 5.18. The van der Waals surface area contributed by atoms with Gasteiger partial charge in [-0.1, -0.05) is 47.1 Å². The Bertz CT molecular complexity index is 952. The molecule has 0 atom stereocenters. The first-order valence-corrected chi connectivity index (χ1v) is 9.60. The highest BCUT2D eigenvalue weighted by Crippen LogP contribution is 2.24. The maximum absolute atomic E-state index is 12.3. The molecular weight excluding hydrogens is 366 g/mol. The largest absolute Gasteiger partial charge is 0.325 e. The summed E-state index contributed by atoms with van der Waals surface area (Å²) in [6, 6.07) is 11.7. The Balaban J connectivity index is 1.70. The maximum Gasteiger partial charge on any atom is 0.234 e. The third-order valence-corrected chi connectivity index (χ3v) is 5.23. The summed E-state index contributed by atoms with van der Waals surface area (Å²) < 4.78 is 2.01. The number of imidazole rings is 1. The van der Waals surface area contributed by atoms with Crippen LogP contribution in [0.5, 0.6) is 0 Å². The van der Waals surface area contributed by atoms with Crippen LogP contribution >= 0.6 is 23.4 Å². The van der Waals surface area contributed by atoms with Gasteiger partial charge in [-0.3, -0.25) is 9.36 Å². The molecule has 0 bridgehead atoms. The Morgan fingerprint density at radius 1 is 1.15 bits per heavy atom. The van der Waals surface area contributed by atoms with Crippen molar-refractivity contribution in [2.75, 3.05) is 11.1 Å². The summed E-state index contributed by atoms with van der Waals surface area (Å²) in [5.74, 6) is 0.184. The lowest BCUT2D eigenvalue weighted by molar-refractivity contribution is -0.113. The zero-order valence-electron chi connectivity index (χ0n) is 14.9. The van der Waals surface area contributed by atoms with Gasteiger partial charge in [-0.25, -0.2) is 4.98 Å². The first-order valence-electron chi connectivity index (χ1n) is 8.24. The number of aromatic nitrogens is 2. The van der Waals surface area contributed by atoms with Crippen LogP contribution in [0.25, 0.3) is 5.69 Å². The molecule has 3 rings (SSSR count). The van der Waals surface area contributed by atoms with E-state index in [0.29, 0.717) is 5.02 Å². The summed E-state index contributed by atoms with van der Waals surface area (Å²) in [5.41, 5.74) is 5.17. The van der Waals surface area contributed by atoms with Crippen LogP contribution in [-0.2, 0) is 4.79 Å². The van der Waals surface area contributed by atoms with E-state index < -0.39 is 0 Å². The zero-order valence-corrected chi connectivity index (χ0v) is 16.5. The van der Waals surface area contributed by atoms with Crippen molar-refractivity contribution < 1.29 is 4.79 Å². The van der Waals surface area contributed by atoms with Gasteiger partial charge in [-0.2, -0.15) is 0 Å². The molecule has 6 heteroatoms. The molecule has 0 fully saturated rings. The molecule has 1 N–H and O–H groups in total. The lowest BCUT2D eigenvalue weighted by atomic mass is 10.1. The van der Waals surface area contributed by atoms with Crippen molar-refractivity contribution in [1.29, 1.82) is 0 Å². The minimum Gasteiger partial charge on any atom is -0.325 e. The molecule has 26 heavy (non-hydrogen) atoms. The van der Waals surface area contributed by atoms with E-state index in [9.17, 15) is 4.79 Å². The van der Waals surface area contributed by atoms with Gasteiger partial charge in [-0.05, 0) is 50.1 Å². The number of aryl methyl sites for hydroxylation is 3. The molecule has 0 aliphatic carbocycles. The number of thioether (sulfide) groups is 1. The number of benzene rings is 2. The molecule has 1 aromatic heterocycles. The molecule has 4 nitrogen and oxygen atoms in total. The van der Waals surface area contributed by atoms with Gasteiger partial charge in [0.25, 0.3) is 0 Å². The molecule has 0 spiro atoms. The lowest BCUT2D eigenvalue weighted by Gasteiger charge is -2.12. The Morgan fingerprint density at radius 3 is 2.73 bits per heavy atom. The van der Waals surface area contributed by atoms with Crippen molar-refractivity contribution in [2.45, 2.75) is 25.9 Å². The van der Waals surface area contributed by atoms with Crippen LogP contribution in [0.15, 0.2) is 53.9 Å². The number of anilines is 1. The number of halogens is 1. The third kappa shape index (κ3) is 4.29. The van der Waals surface area contributed by atoms with Crippen molar-refractivity contribution in [2.24, 2.45) is 0 Å². The fraction of sp³-hybridized carbons (Fsp3) is 0.200. The van der Waals surface area contributed by atoms with Crippen LogP contribution in [0.2, 0.25) is 5.02 Å². The van der Waals surface area contributed by atoms with Crippen molar-refractivity contribution in [3.63, 3.8) is 0 Å². The van der Waals surface area contributed by atoms with E-state index in [2.05, 4.69) is 42.3 Å². The minimum absolute atomic E-state index is 0.0875. The Hall–Kier alpha value is -2.24. The van der Waals surface area contributed by atoms with E-state index in [-0.39, 0.29) is 11.7 Å². The molecule has 3 aromatic rings. The van der Waals surface area contributed by atoms with E-state index in [4.69, 9.17) is 11.6 Å². The highest BCUT2D eigenvalue weighted by molar-refractivity contribution is 7.99. The molecular formula is C20H20ClN3OS.